The first-order valence-corrected chi connectivity index (χ1v) is 7.63. The summed E-state index contributed by atoms with van der Waals surface area (Å²) in [5.41, 5.74) is 0. The summed E-state index contributed by atoms with van der Waals surface area (Å²) in [4.78, 5) is 0. The Kier molecular flexibility index (Phi) is 9.43. The van der Waals surface area contributed by atoms with Gasteiger partial charge in [0.1, 0.15) is 6.61 Å². The molecule has 0 aliphatic carbocycles. The van der Waals surface area contributed by atoms with Crippen LogP contribution in [0, 0.1) is 6.92 Å². The van der Waals surface area contributed by atoms with Gasteiger partial charge in [0.2, 0.25) is 0 Å². The van der Waals surface area contributed by atoms with E-state index in [-0.39, 0.29) is 6.61 Å². The first kappa shape index (κ1) is 21.5. The molecule has 22 heavy (non-hydrogen) atoms. The van der Waals surface area contributed by atoms with Gasteiger partial charge in [-0.2, -0.15) is 26.3 Å². The highest BCUT2D eigenvalue weighted by molar-refractivity contribution is 4.97. The van der Waals surface area contributed by atoms with Crippen molar-refractivity contribution >= 4 is 0 Å². The van der Waals surface area contributed by atoms with E-state index in [9.17, 15) is 26.3 Å². The van der Waals surface area contributed by atoms with Crippen molar-refractivity contribution in [3.8, 4) is 0 Å². The second-order valence-electron chi connectivity index (χ2n) is 5.51. The van der Waals surface area contributed by atoms with Gasteiger partial charge < -0.3 is 4.74 Å². The zero-order valence-electron chi connectivity index (χ0n) is 13.0. The van der Waals surface area contributed by atoms with Crippen molar-refractivity contribution in [1.82, 2.24) is 0 Å². The Morgan fingerprint density at radius 1 is 0.773 bits per heavy atom. The maximum absolute atomic E-state index is 13.1. The van der Waals surface area contributed by atoms with Crippen LogP contribution < -0.4 is 0 Å². The molecule has 0 aromatic rings. The number of hydrogen-bond donors (Lipinski definition) is 0. The molecule has 1 radical (unpaired) electrons. The number of ether oxygens (including phenoxy) is 1. The second-order valence-corrected chi connectivity index (χ2v) is 5.51. The van der Waals surface area contributed by atoms with Gasteiger partial charge in [-0.25, -0.2) is 0 Å². The molecule has 133 valence electrons. The van der Waals surface area contributed by atoms with Gasteiger partial charge in [-0.05, 0) is 6.42 Å². The fraction of sp³-hybridized carbons (Fsp3) is 0.933. The summed E-state index contributed by atoms with van der Waals surface area (Å²) in [7, 11) is 0. The van der Waals surface area contributed by atoms with E-state index >= 15 is 0 Å². The quantitative estimate of drug-likeness (QED) is 0.301. The van der Waals surface area contributed by atoms with E-state index in [0.29, 0.717) is 6.42 Å². The molecular weight excluding hydrogens is 310 g/mol. The van der Waals surface area contributed by atoms with Gasteiger partial charge in [0.05, 0.1) is 0 Å². The number of rotatable bonds is 13. The summed E-state index contributed by atoms with van der Waals surface area (Å²) < 4.78 is 81.0. The molecule has 0 atom stereocenters. The fourth-order valence-corrected chi connectivity index (χ4v) is 1.90. The highest BCUT2D eigenvalue weighted by atomic mass is 19.3. The average Bonchev–Trinajstić information content (AvgIpc) is 2.39. The lowest BCUT2D eigenvalue weighted by Crippen LogP contribution is -2.55. The molecule has 0 heterocycles. The van der Waals surface area contributed by atoms with Crippen LogP contribution in [0.2, 0.25) is 0 Å². The van der Waals surface area contributed by atoms with Crippen molar-refractivity contribution in [2.75, 3.05) is 13.2 Å². The van der Waals surface area contributed by atoms with Crippen molar-refractivity contribution in [3.63, 3.8) is 0 Å². The lowest BCUT2D eigenvalue weighted by molar-refractivity contribution is -0.305. The van der Waals surface area contributed by atoms with Crippen LogP contribution in [-0.4, -0.2) is 31.0 Å². The van der Waals surface area contributed by atoms with Crippen LogP contribution in [0.4, 0.5) is 26.3 Å². The van der Waals surface area contributed by atoms with Gasteiger partial charge in [-0.15, -0.1) is 0 Å². The second kappa shape index (κ2) is 9.63. The third kappa shape index (κ3) is 7.20. The topological polar surface area (TPSA) is 9.23 Å². The van der Waals surface area contributed by atoms with E-state index in [4.69, 9.17) is 0 Å². The van der Waals surface area contributed by atoms with Crippen LogP contribution in [0.25, 0.3) is 0 Å². The van der Waals surface area contributed by atoms with E-state index in [0.717, 1.165) is 38.5 Å². The Bertz CT molecular complexity index is 288. The summed E-state index contributed by atoms with van der Waals surface area (Å²) in [6, 6.07) is 0. The predicted molar refractivity (Wildman–Crippen MR) is 73.6 cm³/mol. The van der Waals surface area contributed by atoms with Gasteiger partial charge >= 0.3 is 17.8 Å². The first-order valence-electron chi connectivity index (χ1n) is 7.63. The van der Waals surface area contributed by atoms with Crippen molar-refractivity contribution in [2.45, 2.75) is 76.1 Å². The molecule has 0 aromatic carbocycles. The fourth-order valence-electron chi connectivity index (χ4n) is 1.90. The van der Waals surface area contributed by atoms with E-state index in [1.54, 1.807) is 6.92 Å². The minimum Gasteiger partial charge on any atom is -0.375 e. The molecule has 1 nitrogen and oxygen atoms in total. The standard InChI is InChI=1S/C15H25F6O/c1-3-4-5-6-7-8-9-10-11-22-12-14(18,19)15(20,21)13(2,16)17/h2-12H2,1H3. The van der Waals surface area contributed by atoms with Gasteiger partial charge in [0, 0.05) is 13.5 Å². The lowest BCUT2D eigenvalue weighted by Gasteiger charge is -2.30. The van der Waals surface area contributed by atoms with E-state index in [1.165, 1.54) is 6.42 Å². The SMILES string of the molecule is [CH2]C(F)(F)C(F)(F)C(F)(F)COCCCCCCCCCC. The zero-order chi connectivity index (χ0) is 17.3. The molecule has 0 fully saturated rings. The van der Waals surface area contributed by atoms with Crippen LogP contribution >= 0.6 is 0 Å². The Balaban J connectivity index is 3.78. The molecule has 0 amide bonds. The normalized spacial score (nSPS) is 13.6. The average molecular weight is 335 g/mol. The van der Waals surface area contributed by atoms with Crippen LogP contribution in [0.15, 0.2) is 0 Å². The molecule has 7 heteroatoms. The van der Waals surface area contributed by atoms with E-state index in [2.05, 4.69) is 11.7 Å². The Labute approximate surface area is 128 Å². The maximum Gasteiger partial charge on any atom is 0.374 e. The van der Waals surface area contributed by atoms with Gasteiger partial charge in [0.25, 0.3) is 0 Å². The smallest absolute Gasteiger partial charge is 0.374 e. The molecule has 0 aliphatic heterocycles. The van der Waals surface area contributed by atoms with Crippen LogP contribution in [0.3, 0.4) is 0 Å². The first-order chi connectivity index (χ1) is 10.1. The molecule has 0 bridgehead atoms. The summed E-state index contributed by atoms with van der Waals surface area (Å²) in [5, 5.41) is 0. The Morgan fingerprint density at radius 2 is 1.23 bits per heavy atom. The monoisotopic (exact) mass is 335 g/mol. The minimum absolute atomic E-state index is 0.149. The molecule has 0 N–H and O–H groups in total. The summed E-state index contributed by atoms with van der Waals surface area (Å²) in [6.07, 6.45) is 7.72. The number of halogens is 6. The number of hydrogen-bond acceptors (Lipinski definition) is 1. The van der Waals surface area contributed by atoms with Gasteiger partial charge in [0.15, 0.2) is 0 Å². The van der Waals surface area contributed by atoms with Crippen molar-refractivity contribution in [2.24, 2.45) is 0 Å². The van der Waals surface area contributed by atoms with E-state index in [1.807, 2.05) is 0 Å². The largest absolute Gasteiger partial charge is 0.375 e. The molecule has 0 unspecified atom stereocenters. The zero-order valence-corrected chi connectivity index (χ0v) is 13.0. The molecule has 0 saturated carbocycles. The maximum atomic E-state index is 13.1. The van der Waals surface area contributed by atoms with Crippen molar-refractivity contribution in [1.29, 1.82) is 0 Å². The molecule has 0 rings (SSSR count). The molecule has 0 saturated heterocycles. The Hall–Kier alpha value is -0.460. The van der Waals surface area contributed by atoms with Gasteiger partial charge in [-0.1, -0.05) is 51.9 Å². The highest BCUT2D eigenvalue weighted by Gasteiger charge is 2.69. The van der Waals surface area contributed by atoms with Crippen molar-refractivity contribution < 1.29 is 31.1 Å². The number of unbranched alkanes of at least 4 members (excludes halogenated alkanes) is 7. The summed E-state index contributed by atoms with van der Waals surface area (Å²) in [6.45, 7) is 2.02. The minimum atomic E-state index is -5.53. The molecular formula is C15H25F6O. The summed E-state index contributed by atoms with van der Waals surface area (Å²) in [5.74, 6) is -15.5. The third-order valence-corrected chi connectivity index (χ3v) is 3.34. The van der Waals surface area contributed by atoms with Gasteiger partial charge in [-0.3, -0.25) is 0 Å². The lowest BCUT2D eigenvalue weighted by atomic mass is 10.1. The van der Waals surface area contributed by atoms with Crippen LogP contribution in [0.5, 0.6) is 0 Å². The van der Waals surface area contributed by atoms with Crippen molar-refractivity contribution in [3.05, 3.63) is 6.92 Å². The van der Waals surface area contributed by atoms with Crippen LogP contribution in [-0.2, 0) is 4.74 Å². The Morgan fingerprint density at radius 3 is 1.68 bits per heavy atom. The molecule has 0 aromatic heterocycles. The van der Waals surface area contributed by atoms with Crippen LogP contribution in [0.1, 0.15) is 58.3 Å². The third-order valence-electron chi connectivity index (χ3n) is 3.34. The van der Waals surface area contributed by atoms with E-state index < -0.39 is 24.4 Å². The molecule has 0 aliphatic rings. The highest BCUT2D eigenvalue weighted by Crippen LogP contribution is 2.45. The predicted octanol–water partition coefficient (Wildman–Crippen LogP) is 5.88. The number of alkyl halides is 6. The molecule has 0 spiro atoms. The summed E-state index contributed by atoms with van der Waals surface area (Å²) >= 11 is 0.